The predicted molar refractivity (Wildman–Crippen MR) is 74.1 cm³/mol. The van der Waals surface area contributed by atoms with Crippen LogP contribution in [-0.2, 0) is 11.0 Å². The van der Waals surface area contributed by atoms with Gasteiger partial charge in [-0.3, -0.25) is 4.79 Å². The lowest BCUT2D eigenvalue weighted by molar-refractivity contribution is -0.134. The van der Waals surface area contributed by atoms with Crippen molar-refractivity contribution in [3.63, 3.8) is 0 Å². The zero-order valence-corrected chi connectivity index (χ0v) is 11.4. The third-order valence-corrected chi connectivity index (χ3v) is 3.52. The van der Waals surface area contributed by atoms with Crippen LogP contribution in [0.4, 0.5) is 13.2 Å². The standard InChI is InChI=1S/C14H10F3NO2S/c1-8(13(18)19)9-3-2-4-10(5-9)20-11-6-12(21-7-11)14(15,16)17/h2-7H,1H2,(H2,18,19). The maximum Gasteiger partial charge on any atom is 0.425 e. The van der Waals surface area contributed by atoms with Crippen molar-refractivity contribution in [2.24, 2.45) is 5.73 Å². The van der Waals surface area contributed by atoms with Crippen molar-refractivity contribution in [2.45, 2.75) is 6.18 Å². The number of nitrogens with two attached hydrogens (primary N) is 1. The Morgan fingerprint density at radius 1 is 1.24 bits per heavy atom. The van der Waals surface area contributed by atoms with Crippen molar-refractivity contribution in [3.05, 3.63) is 52.7 Å². The molecular weight excluding hydrogens is 303 g/mol. The van der Waals surface area contributed by atoms with Crippen LogP contribution in [0.25, 0.3) is 5.57 Å². The normalized spacial score (nSPS) is 11.2. The number of carbonyl (C=O) groups is 1. The summed E-state index contributed by atoms with van der Waals surface area (Å²) in [6.45, 7) is 3.53. The third kappa shape index (κ3) is 3.63. The van der Waals surface area contributed by atoms with E-state index in [-0.39, 0.29) is 11.3 Å². The number of benzene rings is 1. The third-order valence-electron chi connectivity index (χ3n) is 2.57. The summed E-state index contributed by atoms with van der Waals surface area (Å²) < 4.78 is 42.8. The first-order valence-corrected chi connectivity index (χ1v) is 6.58. The maximum absolute atomic E-state index is 12.5. The van der Waals surface area contributed by atoms with E-state index in [1.165, 1.54) is 11.4 Å². The van der Waals surface area contributed by atoms with Gasteiger partial charge in [0.2, 0.25) is 5.91 Å². The van der Waals surface area contributed by atoms with Gasteiger partial charge in [-0.1, -0.05) is 18.7 Å². The van der Waals surface area contributed by atoms with Crippen LogP contribution in [0.15, 0.2) is 42.3 Å². The van der Waals surface area contributed by atoms with Gasteiger partial charge in [0, 0.05) is 17.0 Å². The molecule has 1 heterocycles. The van der Waals surface area contributed by atoms with Crippen LogP contribution >= 0.6 is 11.3 Å². The minimum Gasteiger partial charge on any atom is -0.456 e. The molecule has 0 fully saturated rings. The molecule has 1 aromatic heterocycles. The van der Waals surface area contributed by atoms with E-state index in [2.05, 4.69) is 6.58 Å². The first kappa shape index (κ1) is 15.1. The van der Waals surface area contributed by atoms with Crippen LogP contribution in [0.1, 0.15) is 10.4 Å². The summed E-state index contributed by atoms with van der Waals surface area (Å²) >= 11 is 0.549. The summed E-state index contributed by atoms with van der Waals surface area (Å²) in [4.78, 5) is 10.3. The number of thiophene rings is 1. The fourth-order valence-corrected chi connectivity index (χ4v) is 2.22. The van der Waals surface area contributed by atoms with E-state index in [1.807, 2.05) is 0 Å². The van der Waals surface area contributed by atoms with E-state index >= 15 is 0 Å². The molecule has 0 radical (unpaired) electrons. The largest absolute Gasteiger partial charge is 0.456 e. The molecule has 21 heavy (non-hydrogen) atoms. The van der Waals surface area contributed by atoms with Gasteiger partial charge in [0.15, 0.2) is 0 Å². The number of alkyl halides is 3. The van der Waals surface area contributed by atoms with Crippen molar-refractivity contribution in [3.8, 4) is 11.5 Å². The van der Waals surface area contributed by atoms with Crippen molar-refractivity contribution in [1.82, 2.24) is 0 Å². The number of ether oxygens (including phenoxy) is 1. The Kier molecular flexibility index (Phi) is 4.04. The smallest absolute Gasteiger partial charge is 0.425 e. The Labute approximate surface area is 122 Å². The Morgan fingerprint density at radius 2 is 1.95 bits per heavy atom. The lowest BCUT2D eigenvalue weighted by Crippen LogP contribution is -2.11. The second kappa shape index (κ2) is 5.61. The SMILES string of the molecule is C=C(C(N)=O)c1cccc(Oc2csc(C(F)(F)F)c2)c1. The van der Waals surface area contributed by atoms with Crippen LogP contribution in [0, 0.1) is 0 Å². The monoisotopic (exact) mass is 313 g/mol. The molecule has 110 valence electrons. The number of rotatable bonds is 4. The topological polar surface area (TPSA) is 52.3 Å². The van der Waals surface area contributed by atoms with E-state index < -0.39 is 17.0 Å². The van der Waals surface area contributed by atoms with Gasteiger partial charge in [-0.2, -0.15) is 13.2 Å². The van der Waals surface area contributed by atoms with Gasteiger partial charge in [0.05, 0.1) is 0 Å². The van der Waals surface area contributed by atoms with Gasteiger partial charge in [-0.05, 0) is 17.7 Å². The van der Waals surface area contributed by atoms with Crippen LogP contribution in [0.5, 0.6) is 11.5 Å². The van der Waals surface area contributed by atoms with E-state index in [9.17, 15) is 18.0 Å². The highest BCUT2D eigenvalue weighted by Gasteiger charge is 2.32. The van der Waals surface area contributed by atoms with E-state index in [4.69, 9.17) is 10.5 Å². The molecule has 1 aromatic carbocycles. The number of halogens is 3. The molecule has 7 heteroatoms. The van der Waals surface area contributed by atoms with Crippen molar-refractivity contribution < 1.29 is 22.7 Å². The molecule has 0 aliphatic rings. The molecule has 0 spiro atoms. The van der Waals surface area contributed by atoms with Crippen LogP contribution in [0.3, 0.4) is 0 Å². The second-order valence-electron chi connectivity index (χ2n) is 4.12. The highest BCUT2D eigenvalue weighted by molar-refractivity contribution is 7.10. The molecule has 0 atom stereocenters. The quantitative estimate of drug-likeness (QED) is 0.866. The number of hydrogen-bond donors (Lipinski definition) is 1. The predicted octanol–water partition coefficient (Wildman–Crippen LogP) is 4.06. The lowest BCUT2D eigenvalue weighted by Gasteiger charge is -2.06. The average Bonchev–Trinajstić information content (AvgIpc) is 2.86. The van der Waals surface area contributed by atoms with Gasteiger partial charge < -0.3 is 10.5 Å². The van der Waals surface area contributed by atoms with Gasteiger partial charge in [0.1, 0.15) is 16.4 Å². The molecule has 0 aliphatic heterocycles. The molecule has 0 unspecified atom stereocenters. The van der Waals surface area contributed by atoms with E-state index in [1.54, 1.807) is 18.2 Å². The molecule has 0 aliphatic carbocycles. The summed E-state index contributed by atoms with van der Waals surface area (Å²) in [5.74, 6) is -0.308. The van der Waals surface area contributed by atoms with Crippen LogP contribution in [0.2, 0.25) is 0 Å². The fraction of sp³-hybridized carbons (Fsp3) is 0.0714. The van der Waals surface area contributed by atoms with Crippen molar-refractivity contribution in [1.29, 1.82) is 0 Å². The molecule has 2 rings (SSSR count). The molecule has 0 saturated heterocycles. The highest BCUT2D eigenvalue weighted by Crippen LogP contribution is 2.37. The number of hydrogen-bond acceptors (Lipinski definition) is 3. The molecule has 2 aromatic rings. The molecule has 1 amide bonds. The minimum absolute atomic E-state index is 0.0779. The first-order valence-electron chi connectivity index (χ1n) is 5.70. The van der Waals surface area contributed by atoms with Gasteiger partial charge in [-0.15, -0.1) is 11.3 Å². The summed E-state index contributed by atoms with van der Waals surface area (Å²) in [5, 5.41) is 1.26. The summed E-state index contributed by atoms with van der Waals surface area (Å²) in [6, 6.07) is 7.16. The van der Waals surface area contributed by atoms with Crippen LogP contribution in [-0.4, -0.2) is 5.91 Å². The Morgan fingerprint density at radius 3 is 2.52 bits per heavy atom. The molecule has 0 saturated carbocycles. The fourth-order valence-electron chi connectivity index (χ4n) is 1.55. The number of amides is 1. The number of primary amides is 1. The highest BCUT2D eigenvalue weighted by atomic mass is 32.1. The van der Waals surface area contributed by atoms with E-state index in [0.29, 0.717) is 22.6 Å². The molecule has 2 N–H and O–H groups in total. The summed E-state index contributed by atoms with van der Waals surface area (Å²) in [7, 11) is 0. The first-order chi connectivity index (χ1) is 9.77. The number of carbonyl (C=O) groups excluding carboxylic acids is 1. The van der Waals surface area contributed by atoms with Gasteiger partial charge in [0.25, 0.3) is 0 Å². The Bertz CT molecular complexity index is 692. The van der Waals surface area contributed by atoms with Crippen LogP contribution < -0.4 is 10.5 Å². The minimum atomic E-state index is -4.39. The van der Waals surface area contributed by atoms with Crippen molar-refractivity contribution in [2.75, 3.05) is 0 Å². The van der Waals surface area contributed by atoms with Gasteiger partial charge >= 0.3 is 6.18 Å². The van der Waals surface area contributed by atoms with Gasteiger partial charge in [-0.25, -0.2) is 0 Å². The summed E-state index contributed by atoms with van der Waals surface area (Å²) in [6.07, 6.45) is -4.39. The van der Waals surface area contributed by atoms with Crippen molar-refractivity contribution >= 4 is 22.8 Å². The average molecular weight is 313 g/mol. The lowest BCUT2D eigenvalue weighted by atomic mass is 10.1. The Balaban J connectivity index is 2.20. The Hall–Kier alpha value is -2.28. The second-order valence-corrected chi connectivity index (χ2v) is 5.03. The molecular formula is C14H10F3NO2S. The zero-order valence-electron chi connectivity index (χ0n) is 10.6. The maximum atomic E-state index is 12.5. The molecule has 0 bridgehead atoms. The summed E-state index contributed by atoms with van der Waals surface area (Å²) in [5.41, 5.74) is 5.67. The molecule has 3 nitrogen and oxygen atoms in total. The van der Waals surface area contributed by atoms with E-state index in [0.717, 1.165) is 6.07 Å². The zero-order chi connectivity index (χ0) is 15.6.